The number of carbonyl (C=O) groups is 3. The highest BCUT2D eigenvalue weighted by Gasteiger charge is 2.41. The average molecular weight is 661 g/mol. The Morgan fingerprint density at radius 1 is 1.00 bits per heavy atom. The van der Waals surface area contributed by atoms with E-state index in [2.05, 4.69) is 15.5 Å². The predicted octanol–water partition coefficient (Wildman–Crippen LogP) is 5.23. The Bertz CT molecular complexity index is 1670. The molecule has 2 saturated heterocycles. The normalized spacial score (nSPS) is 21.4. The van der Waals surface area contributed by atoms with Crippen LogP contribution in [-0.2, 0) is 37.0 Å². The number of nitrogens with zero attached hydrogens (tertiary/aromatic N) is 3. The van der Waals surface area contributed by atoms with Crippen molar-refractivity contribution in [3.63, 3.8) is 0 Å². The van der Waals surface area contributed by atoms with E-state index in [9.17, 15) is 19.5 Å². The number of benzene rings is 3. The number of aryl methyl sites for hydroxylation is 1. The molecule has 0 saturated carbocycles. The van der Waals surface area contributed by atoms with Crippen molar-refractivity contribution in [1.82, 2.24) is 15.5 Å². The molecule has 3 heterocycles. The maximum Gasteiger partial charge on any atom is 0.408 e. The van der Waals surface area contributed by atoms with Gasteiger partial charge in [0, 0.05) is 17.7 Å². The van der Waals surface area contributed by atoms with Gasteiger partial charge in [0.1, 0.15) is 17.7 Å². The monoisotopic (exact) mass is 660 g/mol. The number of hydrogen-bond acceptors (Lipinski definition) is 11. The molecule has 2 N–H and O–H groups in total. The van der Waals surface area contributed by atoms with Crippen LogP contribution in [0.15, 0.2) is 83.2 Å². The average Bonchev–Trinajstić information content (AvgIpc) is 3.63. The molecule has 2 fully saturated rings. The molecule has 2 aliphatic heterocycles. The van der Waals surface area contributed by atoms with Gasteiger partial charge in [0.15, 0.2) is 10.6 Å². The number of aliphatic hydroxyl groups excluding tert-OH is 1. The largest absolute Gasteiger partial charge is 0.445 e. The molecule has 4 atom stereocenters. The highest BCUT2D eigenvalue weighted by Crippen LogP contribution is 2.40. The molecule has 0 bridgehead atoms. The van der Waals surface area contributed by atoms with Crippen LogP contribution in [0.5, 0.6) is 0 Å². The molecule has 238 valence electrons. The zero-order valence-corrected chi connectivity index (χ0v) is 26.5. The molecule has 46 heavy (non-hydrogen) atoms. The number of amides is 3. The summed E-state index contributed by atoms with van der Waals surface area (Å²) in [7, 11) is 0. The lowest BCUT2D eigenvalue weighted by molar-refractivity contribution is -0.245. The Morgan fingerprint density at radius 3 is 2.43 bits per heavy atom. The van der Waals surface area contributed by atoms with Crippen LogP contribution in [0.25, 0.3) is 0 Å². The molecule has 0 spiro atoms. The lowest BCUT2D eigenvalue weighted by Crippen LogP contribution is -2.42. The molecule has 0 radical (unpaired) electrons. The van der Waals surface area contributed by atoms with E-state index in [1.807, 2.05) is 61.5 Å². The first-order valence-corrected chi connectivity index (χ1v) is 16.5. The fraction of sp³-hybridized carbons (Fsp3) is 0.303. The topological polar surface area (TPSA) is 140 Å². The number of anilines is 1. The van der Waals surface area contributed by atoms with E-state index < -0.39 is 30.2 Å². The van der Waals surface area contributed by atoms with Crippen molar-refractivity contribution in [2.24, 2.45) is 0 Å². The maximum absolute atomic E-state index is 13.2. The van der Waals surface area contributed by atoms with E-state index >= 15 is 0 Å². The van der Waals surface area contributed by atoms with Crippen molar-refractivity contribution < 1.29 is 33.7 Å². The van der Waals surface area contributed by atoms with Gasteiger partial charge in [-0.2, -0.15) is 0 Å². The molecule has 6 rings (SSSR count). The van der Waals surface area contributed by atoms with Crippen molar-refractivity contribution in [3.05, 3.63) is 106 Å². The molecular weight excluding hydrogens is 629 g/mol. The minimum Gasteiger partial charge on any atom is -0.445 e. The Balaban J connectivity index is 1.12. The van der Waals surface area contributed by atoms with Crippen LogP contribution in [-0.4, -0.2) is 51.1 Å². The number of aliphatic hydroxyl groups is 1. The van der Waals surface area contributed by atoms with Gasteiger partial charge in [-0.05, 0) is 35.7 Å². The molecule has 13 heteroatoms. The van der Waals surface area contributed by atoms with Gasteiger partial charge in [0.05, 0.1) is 30.9 Å². The lowest BCUT2D eigenvalue weighted by atomic mass is 10.0. The minimum absolute atomic E-state index is 0.0401. The summed E-state index contributed by atoms with van der Waals surface area (Å²) in [5.41, 5.74) is 3.70. The highest BCUT2D eigenvalue weighted by molar-refractivity contribution is 8.01. The number of alkyl carbamates (subject to hydrolysis) is 1. The zero-order chi connectivity index (χ0) is 32.0. The number of nitrogens with one attached hydrogen (secondary N) is 1. The molecule has 3 amide bonds. The van der Waals surface area contributed by atoms with Crippen molar-refractivity contribution in [2.45, 2.75) is 61.9 Å². The lowest BCUT2D eigenvalue weighted by Gasteiger charge is -2.36. The van der Waals surface area contributed by atoms with Crippen LogP contribution >= 0.6 is 23.1 Å². The predicted molar refractivity (Wildman–Crippen MR) is 171 cm³/mol. The Kier molecular flexibility index (Phi) is 10.0. The second-order valence-electron chi connectivity index (χ2n) is 10.9. The van der Waals surface area contributed by atoms with Crippen LogP contribution in [0.3, 0.4) is 0 Å². The summed E-state index contributed by atoms with van der Waals surface area (Å²) >= 11 is 3.12. The Labute approximate surface area is 273 Å². The summed E-state index contributed by atoms with van der Waals surface area (Å²) < 4.78 is 18.9. The first-order valence-electron chi connectivity index (χ1n) is 14.7. The van der Waals surface area contributed by atoms with Crippen molar-refractivity contribution in [3.8, 4) is 0 Å². The molecule has 4 aromatic rings. The Hall–Kier alpha value is -4.14. The highest BCUT2D eigenvalue weighted by atomic mass is 32.2. The third kappa shape index (κ3) is 7.62. The summed E-state index contributed by atoms with van der Waals surface area (Å²) in [6.45, 7) is 1.93. The van der Waals surface area contributed by atoms with E-state index in [-0.39, 0.29) is 31.8 Å². The fourth-order valence-electron chi connectivity index (χ4n) is 5.23. The number of rotatable bonds is 10. The summed E-state index contributed by atoms with van der Waals surface area (Å²) in [5, 5.41) is 21.2. The second-order valence-corrected chi connectivity index (χ2v) is 13.3. The molecule has 3 aromatic carbocycles. The second kappa shape index (κ2) is 14.5. The number of imide groups is 1. The van der Waals surface area contributed by atoms with Gasteiger partial charge in [0.2, 0.25) is 5.91 Å². The molecule has 11 nitrogen and oxygen atoms in total. The zero-order valence-electron chi connectivity index (χ0n) is 24.9. The van der Waals surface area contributed by atoms with Crippen LogP contribution in [0, 0.1) is 6.92 Å². The van der Waals surface area contributed by atoms with Crippen molar-refractivity contribution in [2.75, 3.05) is 10.7 Å². The third-order valence-corrected chi connectivity index (χ3v) is 9.69. The van der Waals surface area contributed by atoms with Gasteiger partial charge in [-0.1, -0.05) is 89.8 Å². The number of hydrogen-bond donors (Lipinski definition) is 2. The Morgan fingerprint density at radius 2 is 1.74 bits per heavy atom. The first kappa shape index (κ1) is 31.8. The summed E-state index contributed by atoms with van der Waals surface area (Å²) in [6, 6.07) is 22.7. The van der Waals surface area contributed by atoms with Crippen molar-refractivity contribution >= 4 is 46.7 Å². The summed E-state index contributed by atoms with van der Waals surface area (Å²) in [6.07, 6.45) is -1.44. The fourth-order valence-corrected chi connectivity index (χ4v) is 7.09. The van der Waals surface area contributed by atoms with Crippen LogP contribution in [0.4, 0.5) is 10.5 Å². The standard InChI is InChI=1S/C33H32N4O7S2/c1-20-35-36-33(46-20)45-19-26-15-28(23-9-7-21(17-38)8-10-23)44-31(43-26)24-11-13-25(14-12-24)37-29(39)16-27(30(37)40)34-32(41)42-18-22-5-3-2-4-6-22/h2-14,26-28,31,38H,15-19H2,1H3,(H,34,41)/t26-,27?,28+,31+/m1/s1. The van der Waals surface area contributed by atoms with E-state index in [1.54, 1.807) is 36.0 Å². The smallest absolute Gasteiger partial charge is 0.408 e. The van der Waals surface area contributed by atoms with E-state index in [0.717, 1.165) is 36.5 Å². The van der Waals surface area contributed by atoms with Gasteiger partial charge in [0.25, 0.3) is 5.91 Å². The van der Waals surface area contributed by atoms with Gasteiger partial charge in [-0.15, -0.1) is 10.2 Å². The molecule has 1 aromatic heterocycles. The first-order chi connectivity index (χ1) is 22.4. The van der Waals surface area contributed by atoms with E-state index in [1.165, 1.54) is 11.3 Å². The van der Waals surface area contributed by atoms with E-state index in [0.29, 0.717) is 17.9 Å². The van der Waals surface area contributed by atoms with Gasteiger partial charge >= 0.3 is 6.09 Å². The van der Waals surface area contributed by atoms with Gasteiger partial charge < -0.3 is 24.6 Å². The number of thioether (sulfide) groups is 1. The number of ether oxygens (including phenoxy) is 3. The van der Waals surface area contributed by atoms with Crippen LogP contribution in [0.2, 0.25) is 0 Å². The molecule has 0 aliphatic carbocycles. The molecular formula is C33H32N4O7S2. The number of carbonyl (C=O) groups excluding carboxylic acids is 3. The summed E-state index contributed by atoms with van der Waals surface area (Å²) in [5.74, 6) is -0.307. The minimum atomic E-state index is -1.02. The van der Waals surface area contributed by atoms with Crippen LogP contribution < -0.4 is 10.2 Å². The van der Waals surface area contributed by atoms with Gasteiger partial charge in [-0.3, -0.25) is 9.59 Å². The third-order valence-electron chi connectivity index (χ3n) is 7.59. The quantitative estimate of drug-likeness (QED) is 0.172. The summed E-state index contributed by atoms with van der Waals surface area (Å²) in [4.78, 5) is 39.4. The SMILES string of the molecule is Cc1nnc(SC[C@H]2C[C@@H](c3ccc(CO)cc3)O[C@@H](c3ccc(N4C(=O)CC(NC(=O)OCc5ccccc5)C4=O)cc3)O2)s1. The van der Waals surface area contributed by atoms with Crippen LogP contribution in [0.1, 0.15) is 52.5 Å². The molecule has 1 unspecified atom stereocenters. The molecule has 2 aliphatic rings. The van der Waals surface area contributed by atoms with Gasteiger partial charge in [-0.25, -0.2) is 9.69 Å². The number of aromatic nitrogens is 2. The maximum atomic E-state index is 13.2. The van der Waals surface area contributed by atoms with Crippen molar-refractivity contribution in [1.29, 1.82) is 0 Å². The van der Waals surface area contributed by atoms with E-state index in [4.69, 9.17) is 14.2 Å².